The molecule has 21 heavy (non-hydrogen) atoms. The summed E-state index contributed by atoms with van der Waals surface area (Å²) in [4.78, 5) is 0. The van der Waals surface area contributed by atoms with E-state index >= 15 is 0 Å². The Morgan fingerprint density at radius 2 is 2.05 bits per heavy atom. The van der Waals surface area contributed by atoms with E-state index in [2.05, 4.69) is 0 Å². The molecule has 2 aromatic rings. The maximum absolute atomic E-state index is 14.0. The molecule has 1 aliphatic rings. The number of rotatable bonds is 2. The van der Waals surface area contributed by atoms with Gasteiger partial charge in [0.15, 0.2) is 0 Å². The van der Waals surface area contributed by atoms with Crippen LogP contribution in [0.25, 0.3) is 0 Å². The lowest BCUT2D eigenvalue weighted by molar-refractivity contribution is 0.157. The zero-order valence-electron chi connectivity index (χ0n) is 11.5. The highest BCUT2D eigenvalue weighted by molar-refractivity contribution is 6.30. The van der Waals surface area contributed by atoms with Gasteiger partial charge in [-0.3, -0.25) is 0 Å². The first-order valence-electron chi connectivity index (χ1n) is 6.63. The molecule has 1 unspecified atom stereocenters. The second-order valence-corrected chi connectivity index (χ2v) is 5.45. The van der Waals surface area contributed by atoms with Crippen LogP contribution in [0.3, 0.4) is 0 Å². The van der Waals surface area contributed by atoms with E-state index in [-0.39, 0.29) is 11.9 Å². The van der Waals surface area contributed by atoms with E-state index in [1.54, 1.807) is 19.2 Å². The largest absolute Gasteiger partial charge is 0.497 e. The number of ether oxygens (including phenoxy) is 2. The first-order chi connectivity index (χ1) is 10.1. The van der Waals surface area contributed by atoms with Crippen LogP contribution in [0.5, 0.6) is 11.5 Å². The molecule has 110 valence electrons. The van der Waals surface area contributed by atoms with Crippen molar-refractivity contribution in [1.82, 2.24) is 0 Å². The zero-order chi connectivity index (χ0) is 15.0. The molecule has 0 aromatic heterocycles. The van der Waals surface area contributed by atoms with Crippen LogP contribution in [0.1, 0.15) is 29.7 Å². The standard InChI is InChI=1S/C16H15ClFNO2/c1-20-10-3-4-11-14(19)8-16(21-15(11)7-10)12-6-9(17)2-5-13(12)18/h2-7,14,16H,8,19H2,1H3/t14-,16?/m1/s1. The normalized spacial score (nSPS) is 20.6. The van der Waals surface area contributed by atoms with Crippen molar-refractivity contribution in [1.29, 1.82) is 0 Å². The molecule has 1 heterocycles. The predicted molar refractivity (Wildman–Crippen MR) is 79.3 cm³/mol. The molecule has 2 atom stereocenters. The molecule has 0 spiro atoms. The van der Waals surface area contributed by atoms with Gasteiger partial charge in [-0.1, -0.05) is 17.7 Å². The third-order valence-electron chi connectivity index (χ3n) is 3.66. The molecule has 2 N–H and O–H groups in total. The van der Waals surface area contributed by atoms with Gasteiger partial charge >= 0.3 is 0 Å². The highest BCUT2D eigenvalue weighted by Gasteiger charge is 2.29. The molecular formula is C16H15ClFNO2. The van der Waals surface area contributed by atoms with Crippen LogP contribution in [0.15, 0.2) is 36.4 Å². The van der Waals surface area contributed by atoms with Crippen molar-refractivity contribution >= 4 is 11.6 Å². The summed E-state index contributed by atoms with van der Waals surface area (Å²) in [5.74, 6) is 0.952. The van der Waals surface area contributed by atoms with Crippen molar-refractivity contribution in [2.75, 3.05) is 7.11 Å². The fraction of sp³-hybridized carbons (Fsp3) is 0.250. The highest BCUT2D eigenvalue weighted by Crippen LogP contribution is 2.42. The predicted octanol–water partition coefficient (Wildman–Crippen LogP) is 4.01. The fourth-order valence-corrected chi connectivity index (χ4v) is 2.74. The van der Waals surface area contributed by atoms with Crippen LogP contribution in [0, 0.1) is 5.82 Å². The van der Waals surface area contributed by atoms with E-state index < -0.39 is 6.10 Å². The summed E-state index contributed by atoms with van der Waals surface area (Å²) in [5, 5.41) is 0.472. The quantitative estimate of drug-likeness (QED) is 0.911. The number of hydrogen-bond donors (Lipinski definition) is 1. The SMILES string of the molecule is COc1ccc2c(c1)OC(c1cc(Cl)ccc1F)C[C@H]2N. The molecule has 3 rings (SSSR count). The van der Waals surface area contributed by atoms with E-state index in [0.717, 1.165) is 5.56 Å². The number of hydrogen-bond acceptors (Lipinski definition) is 3. The Morgan fingerprint density at radius 3 is 2.81 bits per heavy atom. The zero-order valence-corrected chi connectivity index (χ0v) is 12.2. The molecule has 0 saturated carbocycles. The van der Waals surface area contributed by atoms with Crippen molar-refractivity contribution in [3.63, 3.8) is 0 Å². The molecular weight excluding hydrogens is 293 g/mol. The van der Waals surface area contributed by atoms with Crippen LogP contribution >= 0.6 is 11.6 Å². The smallest absolute Gasteiger partial charge is 0.130 e. The van der Waals surface area contributed by atoms with E-state index in [1.807, 2.05) is 12.1 Å². The summed E-state index contributed by atoms with van der Waals surface area (Å²) >= 11 is 5.95. The first kappa shape index (κ1) is 14.2. The van der Waals surface area contributed by atoms with Crippen molar-refractivity contribution in [3.8, 4) is 11.5 Å². The van der Waals surface area contributed by atoms with Gasteiger partial charge in [0.05, 0.1) is 7.11 Å². The molecule has 0 bridgehead atoms. The summed E-state index contributed by atoms with van der Waals surface area (Å²) in [6.45, 7) is 0. The second-order valence-electron chi connectivity index (χ2n) is 5.02. The van der Waals surface area contributed by atoms with E-state index in [4.69, 9.17) is 26.8 Å². The number of benzene rings is 2. The Hall–Kier alpha value is -1.78. The Kier molecular flexibility index (Phi) is 3.74. The van der Waals surface area contributed by atoms with Crippen molar-refractivity contribution < 1.29 is 13.9 Å². The maximum atomic E-state index is 14.0. The third kappa shape index (κ3) is 2.69. The monoisotopic (exact) mass is 307 g/mol. The van der Waals surface area contributed by atoms with Gasteiger partial charge < -0.3 is 15.2 Å². The number of halogens is 2. The van der Waals surface area contributed by atoms with Gasteiger partial charge in [-0.15, -0.1) is 0 Å². The van der Waals surface area contributed by atoms with Gasteiger partial charge in [-0.2, -0.15) is 0 Å². The van der Waals surface area contributed by atoms with E-state index in [0.29, 0.717) is 28.5 Å². The van der Waals surface area contributed by atoms with Crippen LogP contribution in [-0.2, 0) is 0 Å². The number of methoxy groups -OCH3 is 1. The van der Waals surface area contributed by atoms with Gasteiger partial charge in [0.1, 0.15) is 23.4 Å². The summed E-state index contributed by atoms with van der Waals surface area (Å²) < 4.78 is 25.1. The maximum Gasteiger partial charge on any atom is 0.130 e. The van der Waals surface area contributed by atoms with Crippen molar-refractivity contribution in [2.45, 2.75) is 18.6 Å². The van der Waals surface area contributed by atoms with Gasteiger partial charge in [-0.25, -0.2) is 4.39 Å². The molecule has 0 saturated heterocycles. The molecule has 0 aliphatic carbocycles. The first-order valence-corrected chi connectivity index (χ1v) is 7.01. The lowest BCUT2D eigenvalue weighted by Crippen LogP contribution is -2.24. The van der Waals surface area contributed by atoms with Crippen molar-refractivity contribution in [3.05, 3.63) is 58.4 Å². The lowest BCUT2D eigenvalue weighted by Gasteiger charge is -2.31. The average molecular weight is 308 g/mol. The van der Waals surface area contributed by atoms with E-state index in [9.17, 15) is 4.39 Å². The molecule has 3 nitrogen and oxygen atoms in total. The van der Waals surface area contributed by atoms with Gasteiger partial charge in [0.25, 0.3) is 0 Å². The topological polar surface area (TPSA) is 44.5 Å². The second kappa shape index (κ2) is 5.54. The Morgan fingerprint density at radius 1 is 1.24 bits per heavy atom. The minimum atomic E-state index is -0.460. The Labute approximate surface area is 127 Å². The van der Waals surface area contributed by atoms with Crippen molar-refractivity contribution in [2.24, 2.45) is 5.73 Å². The number of nitrogens with two attached hydrogens (primary N) is 1. The minimum Gasteiger partial charge on any atom is -0.497 e. The van der Waals surface area contributed by atoms with Crippen LogP contribution in [-0.4, -0.2) is 7.11 Å². The molecule has 2 aromatic carbocycles. The third-order valence-corrected chi connectivity index (χ3v) is 3.90. The van der Waals surface area contributed by atoms with Gasteiger partial charge in [0, 0.05) is 34.7 Å². The van der Waals surface area contributed by atoms with Crippen LogP contribution in [0.4, 0.5) is 4.39 Å². The van der Waals surface area contributed by atoms with Gasteiger partial charge in [0.2, 0.25) is 0 Å². The lowest BCUT2D eigenvalue weighted by atomic mass is 9.93. The summed E-state index contributed by atoms with van der Waals surface area (Å²) in [5.41, 5.74) is 7.50. The van der Waals surface area contributed by atoms with E-state index in [1.165, 1.54) is 12.1 Å². The molecule has 5 heteroatoms. The molecule has 0 fully saturated rings. The van der Waals surface area contributed by atoms with Crippen LogP contribution < -0.4 is 15.2 Å². The summed E-state index contributed by atoms with van der Waals surface area (Å²) in [6.07, 6.45) is 0.0367. The molecule has 0 amide bonds. The number of fused-ring (bicyclic) bond motifs is 1. The van der Waals surface area contributed by atoms with Crippen LogP contribution in [0.2, 0.25) is 5.02 Å². The Balaban J connectivity index is 1.98. The van der Waals surface area contributed by atoms with Gasteiger partial charge in [-0.05, 0) is 24.3 Å². The fourth-order valence-electron chi connectivity index (χ4n) is 2.56. The molecule has 1 aliphatic heterocycles. The summed E-state index contributed by atoms with van der Waals surface area (Å²) in [7, 11) is 1.58. The average Bonchev–Trinajstić information content (AvgIpc) is 2.49. The summed E-state index contributed by atoms with van der Waals surface area (Å²) in [6, 6.07) is 9.70. The highest BCUT2D eigenvalue weighted by atomic mass is 35.5. The Bertz CT molecular complexity index is 677. The molecule has 0 radical (unpaired) electrons. The minimum absolute atomic E-state index is 0.219.